The molecule has 1 aliphatic carbocycles. The number of rotatable bonds is 3. The molecule has 104 valence electrons. The van der Waals surface area contributed by atoms with Gasteiger partial charge in [-0.15, -0.1) is 5.06 Å². The number of hydrogen-bond donors (Lipinski definition) is 0. The molecule has 0 aromatic heterocycles. The Labute approximate surface area is 111 Å². The summed E-state index contributed by atoms with van der Waals surface area (Å²) in [6.07, 6.45) is 7.75. The van der Waals surface area contributed by atoms with Crippen LogP contribution in [0.4, 0.5) is 4.79 Å². The van der Waals surface area contributed by atoms with Crippen LogP contribution in [0.2, 0.25) is 0 Å². The van der Waals surface area contributed by atoms with Gasteiger partial charge in [0.05, 0.1) is 6.54 Å². The van der Waals surface area contributed by atoms with Crippen molar-refractivity contribution in [2.45, 2.75) is 45.1 Å². The van der Waals surface area contributed by atoms with Gasteiger partial charge in [-0.25, -0.2) is 4.79 Å². The zero-order chi connectivity index (χ0) is 13.8. The summed E-state index contributed by atoms with van der Waals surface area (Å²) < 4.78 is 0. The molecule has 6 heteroatoms. The van der Waals surface area contributed by atoms with Gasteiger partial charge in [0.25, 0.3) is 11.8 Å². The molecule has 0 bridgehead atoms. The van der Waals surface area contributed by atoms with Crippen LogP contribution in [0.25, 0.3) is 0 Å². The Morgan fingerprint density at radius 3 is 2.05 bits per heavy atom. The Balaban J connectivity index is 0.000000163. The minimum atomic E-state index is -0.193. The van der Waals surface area contributed by atoms with Crippen molar-refractivity contribution in [1.82, 2.24) is 9.96 Å². The number of hydroxylamine groups is 2. The van der Waals surface area contributed by atoms with Crippen LogP contribution in [0.15, 0.2) is 12.2 Å². The second kappa shape index (κ2) is 5.86. The monoisotopic (exact) mass is 266 g/mol. The molecule has 0 spiro atoms. The normalized spacial score (nSPS) is 21.6. The van der Waals surface area contributed by atoms with E-state index in [2.05, 4.69) is 4.84 Å². The highest BCUT2D eigenvalue weighted by molar-refractivity contribution is 6.13. The summed E-state index contributed by atoms with van der Waals surface area (Å²) in [5.41, 5.74) is 0. The van der Waals surface area contributed by atoms with E-state index in [1.54, 1.807) is 0 Å². The molecule has 2 heterocycles. The number of nitrogens with zero attached hydrogens (tertiary/aromatic N) is 2. The van der Waals surface area contributed by atoms with Gasteiger partial charge in [-0.05, 0) is 19.3 Å². The zero-order valence-electron chi connectivity index (χ0n) is 11.0. The van der Waals surface area contributed by atoms with Gasteiger partial charge in [-0.3, -0.25) is 14.5 Å². The van der Waals surface area contributed by atoms with Gasteiger partial charge in [-0.1, -0.05) is 19.8 Å². The fourth-order valence-electron chi connectivity index (χ4n) is 2.35. The lowest BCUT2D eigenvalue weighted by molar-refractivity contribution is -0.139. The molecule has 0 aromatic rings. The fraction of sp³-hybridized carbons (Fsp3) is 0.615. The third-order valence-corrected chi connectivity index (χ3v) is 3.32. The van der Waals surface area contributed by atoms with E-state index >= 15 is 0 Å². The standard InChI is InChI=1S/C9H11NO2.C4H7NO2/c11-8-5-6-9(12)10(8)7-3-1-2-4-7;1-2-3-5-4(6)7-5/h5-7H,1-4H2;2-3H2,1H3. The van der Waals surface area contributed by atoms with Crippen molar-refractivity contribution in [3.8, 4) is 0 Å². The molecule has 3 amide bonds. The maximum atomic E-state index is 11.2. The molecule has 1 saturated heterocycles. The van der Waals surface area contributed by atoms with Crippen molar-refractivity contribution in [2.24, 2.45) is 0 Å². The Morgan fingerprint density at radius 1 is 1.16 bits per heavy atom. The first-order valence-corrected chi connectivity index (χ1v) is 6.68. The first kappa shape index (κ1) is 13.6. The maximum absolute atomic E-state index is 11.2. The van der Waals surface area contributed by atoms with E-state index in [9.17, 15) is 14.4 Å². The predicted molar refractivity (Wildman–Crippen MR) is 66.7 cm³/mol. The lowest BCUT2D eigenvalue weighted by atomic mass is 10.2. The van der Waals surface area contributed by atoms with Crippen molar-refractivity contribution >= 4 is 17.9 Å². The van der Waals surface area contributed by atoms with E-state index in [0.29, 0.717) is 0 Å². The summed E-state index contributed by atoms with van der Waals surface area (Å²) in [7, 11) is 0. The van der Waals surface area contributed by atoms with Crippen LogP contribution in [-0.4, -0.2) is 40.5 Å². The number of hydrogen-bond acceptors (Lipinski definition) is 4. The smallest absolute Gasteiger partial charge is 0.314 e. The molecule has 1 saturated carbocycles. The van der Waals surface area contributed by atoms with E-state index in [1.165, 1.54) is 22.1 Å². The van der Waals surface area contributed by atoms with Gasteiger partial charge in [0.15, 0.2) is 0 Å². The van der Waals surface area contributed by atoms with E-state index in [1.807, 2.05) is 6.92 Å². The summed E-state index contributed by atoms with van der Waals surface area (Å²) in [4.78, 5) is 38.1. The van der Waals surface area contributed by atoms with Crippen molar-refractivity contribution in [2.75, 3.05) is 6.54 Å². The van der Waals surface area contributed by atoms with Gasteiger partial charge >= 0.3 is 6.09 Å². The third kappa shape index (κ3) is 3.33. The van der Waals surface area contributed by atoms with Gasteiger partial charge in [0, 0.05) is 18.2 Å². The Kier molecular flexibility index (Phi) is 4.19. The van der Waals surface area contributed by atoms with E-state index in [4.69, 9.17) is 0 Å². The Bertz CT molecular complexity index is 395. The summed E-state index contributed by atoms with van der Waals surface area (Å²) >= 11 is 0. The zero-order valence-corrected chi connectivity index (χ0v) is 11.0. The summed E-state index contributed by atoms with van der Waals surface area (Å²) in [5, 5.41) is 1.33. The molecule has 0 atom stereocenters. The number of carbonyl (C=O) groups is 3. The van der Waals surface area contributed by atoms with E-state index in [0.717, 1.165) is 38.6 Å². The minimum Gasteiger partial charge on any atom is -0.314 e. The molecule has 0 N–H and O–H groups in total. The molecular weight excluding hydrogens is 248 g/mol. The SMILES string of the molecule is CCCN1OC1=O.O=C1C=CC(=O)N1C1CCCC1. The second-order valence-corrected chi connectivity index (χ2v) is 4.78. The van der Waals surface area contributed by atoms with Crippen LogP contribution >= 0.6 is 0 Å². The van der Waals surface area contributed by atoms with Crippen LogP contribution < -0.4 is 0 Å². The van der Waals surface area contributed by atoms with E-state index in [-0.39, 0.29) is 23.9 Å². The highest BCUT2D eigenvalue weighted by atomic mass is 16.9. The molecule has 19 heavy (non-hydrogen) atoms. The summed E-state index contributed by atoms with van der Waals surface area (Å²) in [5.74, 6) is -0.265. The van der Waals surface area contributed by atoms with E-state index < -0.39 is 0 Å². The summed E-state index contributed by atoms with van der Waals surface area (Å²) in [6, 6.07) is 0.181. The van der Waals surface area contributed by atoms with Gasteiger partial charge in [0.2, 0.25) is 0 Å². The minimum absolute atomic E-state index is 0.132. The molecule has 6 nitrogen and oxygen atoms in total. The first-order valence-electron chi connectivity index (χ1n) is 6.68. The predicted octanol–water partition coefficient (Wildman–Crippen LogP) is 1.62. The molecule has 0 unspecified atom stereocenters. The van der Waals surface area contributed by atoms with Crippen molar-refractivity contribution in [3.63, 3.8) is 0 Å². The molecule has 2 fully saturated rings. The largest absolute Gasteiger partial charge is 0.468 e. The maximum Gasteiger partial charge on any atom is 0.468 e. The number of imide groups is 1. The van der Waals surface area contributed by atoms with Crippen LogP contribution in [0.1, 0.15) is 39.0 Å². The Hall–Kier alpha value is -1.85. The molecule has 0 aromatic carbocycles. The first-order chi connectivity index (χ1) is 9.13. The average molecular weight is 266 g/mol. The lowest BCUT2D eigenvalue weighted by Gasteiger charge is -2.20. The second-order valence-electron chi connectivity index (χ2n) is 4.78. The van der Waals surface area contributed by atoms with Gasteiger partial charge in [-0.2, -0.15) is 0 Å². The van der Waals surface area contributed by atoms with Crippen LogP contribution in [-0.2, 0) is 14.4 Å². The summed E-state index contributed by atoms with van der Waals surface area (Å²) in [6.45, 7) is 2.73. The van der Waals surface area contributed by atoms with Gasteiger partial charge in [0.1, 0.15) is 0 Å². The molecule has 0 radical (unpaired) electrons. The molecule has 3 rings (SSSR count). The average Bonchev–Trinajstić information content (AvgIpc) is 2.82. The van der Waals surface area contributed by atoms with Crippen molar-refractivity contribution < 1.29 is 19.2 Å². The molecule has 2 aliphatic heterocycles. The van der Waals surface area contributed by atoms with Crippen LogP contribution in [0.3, 0.4) is 0 Å². The number of carbonyl (C=O) groups excluding carboxylic acids is 3. The van der Waals surface area contributed by atoms with Crippen molar-refractivity contribution in [1.29, 1.82) is 0 Å². The molecular formula is C13H18N2O4. The fourth-order valence-corrected chi connectivity index (χ4v) is 2.35. The van der Waals surface area contributed by atoms with Crippen LogP contribution in [0, 0.1) is 0 Å². The van der Waals surface area contributed by atoms with Gasteiger partial charge < -0.3 is 4.84 Å². The molecule has 3 aliphatic rings. The number of amides is 3. The van der Waals surface area contributed by atoms with Crippen LogP contribution in [0.5, 0.6) is 0 Å². The Morgan fingerprint density at radius 2 is 1.68 bits per heavy atom. The highest BCUT2D eigenvalue weighted by Gasteiger charge is 2.33. The lowest BCUT2D eigenvalue weighted by Crippen LogP contribution is -2.38. The van der Waals surface area contributed by atoms with Crippen molar-refractivity contribution in [3.05, 3.63) is 12.2 Å². The quantitative estimate of drug-likeness (QED) is 0.575. The highest BCUT2D eigenvalue weighted by Crippen LogP contribution is 2.25. The third-order valence-electron chi connectivity index (χ3n) is 3.32. The topological polar surface area (TPSA) is 70.0 Å².